The molecule has 0 aliphatic heterocycles. The van der Waals surface area contributed by atoms with E-state index >= 15 is 0 Å². The Morgan fingerprint density at radius 1 is 1.29 bits per heavy atom. The van der Waals surface area contributed by atoms with Gasteiger partial charge >= 0.3 is 0 Å². The van der Waals surface area contributed by atoms with Gasteiger partial charge in [0.2, 0.25) is 0 Å². The van der Waals surface area contributed by atoms with Crippen LogP contribution in [-0.4, -0.2) is 12.9 Å². The SMILES string of the molecule is C/C=C(\C)C(=N)N(C)c1ccccc1. The lowest BCUT2D eigenvalue weighted by atomic mass is 10.2. The fraction of sp³-hybridized carbons (Fsp3) is 0.250. The van der Waals surface area contributed by atoms with Gasteiger partial charge < -0.3 is 4.90 Å². The quantitative estimate of drug-likeness (QED) is 0.560. The lowest BCUT2D eigenvalue weighted by Crippen LogP contribution is -2.25. The first-order valence-corrected chi connectivity index (χ1v) is 4.67. The van der Waals surface area contributed by atoms with E-state index < -0.39 is 0 Å². The lowest BCUT2D eigenvalue weighted by Gasteiger charge is -2.20. The minimum atomic E-state index is 0.540. The third-order valence-electron chi connectivity index (χ3n) is 2.29. The van der Waals surface area contributed by atoms with Crippen LogP contribution < -0.4 is 4.90 Å². The maximum atomic E-state index is 7.90. The van der Waals surface area contributed by atoms with E-state index in [4.69, 9.17) is 5.41 Å². The van der Waals surface area contributed by atoms with E-state index in [0.29, 0.717) is 5.84 Å². The van der Waals surface area contributed by atoms with E-state index in [0.717, 1.165) is 11.3 Å². The van der Waals surface area contributed by atoms with E-state index in [1.54, 1.807) is 0 Å². The summed E-state index contributed by atoms with van der Waals surface area (Å²) >= 11 is 0. The summed E-state index contributed by atoms with van der Waals surface area (Å²) in [6.45, 7) is 3.89. The average molecular weight is 188 g/mol. The zero-order valence-corrected chi connectivity index (χ0v) is 8.91. The number of rotatable bonds is 2. The number of likely N-dealkylation sites (N-methyl/N-ethyl adjacent to an activating group) is 1. The molecule has 1 rings (SSSR count). The summed E-state index contributed by atoms with van der Waals surface area (Å²) in [6.07, 6.45) is 1.95. The Bertz CT molecular complexity index is 339. The number of hydrogen-bond donors (Lipinski definition) is 1. The monoisotopic (exact) mass is 188 g/mol. The molecule has 0 spiro atoms. The van der Waals surface area contributed by atoms with E-state index in [9.17, 15) is 0 Å². The molecule has 0 atom stereocenters. The molecule has 0 heterocycles. The number of amidine groups is 1. The second-order valence-electron chi connectivity index (χ2n) is 3.21. The Labute approximate surface area is 85.4 Å². The highest BCUT2D eigenvalue weighted by molar-refractivity contribution is 6.06. The number of benzene rings is 1. The molecule has 1 N–H and O–H groups in total. The van der Waals surface area contributed by atoms with Gasteiger partial charge in [-0.05, 0) is 31.6 Å². The Balaban J connectivity index is 2.87. The lowest BCUT2D eigenvalue weighted by molar-refractivity contribution is 1.21. The van der Waals surface area contributed by atoms with Gasteiger partial charge in [0.1, 0.15) is 5.84 Å². The van der Waals surface area contributed by atoms with Crippen LogP contribution >= 0.6 is 0 Å². The van der Waals surface area contributed by atoms with Crippen molar-refractivity contribution in [1.82, 2.24) is 0 Å². The van der Waals surface area contributed by atoms with E-state index in [2.05, 4.69) is 0 Å². The molecule has 74 valence electrons. The molecule has 14 heavy (non-hydrogen) atoms. The molecule has 1 aromatic rings. The van der Waals surface area contributed by atoms with Crippen LogP contribution in [0.4, 0.5) is 5.69 Å². The largest absolute Gasteiger partial charge is 0.330 e. The van der Waals surface area contributed by atoms with Crippen LogP contribution in [0.3, 0.4) is 0 Å². The summed E-state index contributed by atoms with van der Waals surface area (Å²) in [4.78, 5) is 1.87. The van der Waals surface area contributed by atoms with E-state index in [-0.39, 0.29) is 0 Å². The van der Waals surface area contributed by atoms with Crippen LogP contribution in [0, 0.1) is 5.41 Å². The van der Waals surface area contributed by atoms with Gasteiger partial charge in [0, 0.05) is 12.7 Å². The maximum Gasteiger partial charge on any atom is 0.127 e. The number of nitrogens with zero attached hydrogens (tertiary/aromatic N) is 1. The predicted molar refractivity (Wildman–Crippen MR) is 62.0 cm³/mol. The van der Waals surface area contributed by atoms with Crippen LogP contribution in [0.5, 0.6) is 0 Å². The van der Waals surface area contributed by atoms with Gasteiger partial charge in [0.25, 0.3) is 0 Å². The highest BCUT2D eigenvalue weighted by Gasteiger charge is 2.06. The first-order valence-electron chi connectivity index (χ1n) is 4.67. The second-order valence-corrected chi connectivity index (χ2v) is 3.21. The predicted octanol–water partition coefficient (Wildman–Crippen LogP) is 3.07. The molecule has 0 fully saturated rings. The maximum absolute atomic E-state index is 7.90. The Morgan fingerprint density at radius 2 is 1.86 bits per heavy atom. The number of allylic oxidation sites excluding steroid dienone is 1. The minimum absolute atomic E-state index is 0.540. The van der Waals surface area contributed by atoms with Crippen molar-refractivity contribution in [2.24, 2.45) is 0 Å². The highest BCUT2D eigenvalue weighted by Crippen LogP contribution is 2.13. The molecule has 0 bridgehead atoms. The van der Waals surface area contributed by atoms with Crippen LogP contribution in [0.25, 0.3) is 0 Å². The van der Waals surface area contributed by atoms with Crippen molar-refractivity contribution in [3.05, 3.63) is 42.0 Å². The summed E-state index contributed by atoms with van der Waals surface area (Å²) in [5, 5.41) is 7.90. The van der Waals surface area contributed by atoms with Gasteiger partial charge in [0.15, 0.2) is 0 Å². The van der Waals surface area contributed by atoms with Crippen LogP contribution in [0.1, 0.15) is 13.8 Å². The first-order chi connectivity index (χ1) is 6.66. The Morgan fingerprint density at radius 3 is 2.36 bits per heavy atom. The summed E-state index contributed by atoms with van der Waals surface area (Å²) in [5.41, 5.74) is 2.02. The zero-order chi connectivity index (χ0) is 10.6. The summed E-state index contributed by atoms with van der Waals surface area (Å²) in [5.74, 6) is 0.540. The Kier molecular flexibility index (Phi) is 3.46. The van der Waals surface area contributed by atoms with Gasteiger partial charge in [-0.3, -0.25) is 5.41 Å². The molecule has 0 amide bonds. The fourth-order valence-corrected chi connectivity index (χ4v) is 1.18. The standard InChI is InChI=1S/C12H16N2/c1-4-10(2)12(13)14(3)11-8-6-5-7-9-11/h4-9,13H,1-3H3/b10-4+,13-12?. The van der Waals surface area contributed by atoms with Crippen LogP contribution in [0.15, 0.2) is 42.0 Å². The van der Waals surface area contributed by atoms with Gasteiger partial charge in [-0.1, -0.05) is 24.3 Å². The van der Waals surface area contributed by atoms with Crippen molar-refractivity contribution in [3.63, 3.8) is 0 Å². The molecule has 0 aliphatic rings. The smallest absolute Gasteiger partial charge is 0.127 e. The van der Waals surface area contributed by atoms with Crippen molar-refractivity contribution in [2.45, 2.75) is 13.8 Å². The summed E-state index contributed by atoms with van der Waals surface area (Å²) in [7, 11) is 1.91. The molecular formula is C12H16N2. The van der Waals surface area contributed by atoms with Crippen molar-refractivity contribution < 1.29 is 0 Å². The number of anilines is 1. The molecule has 2 heteroatoms. The average Bonchev–Trinajstić information content (AvgIpc) is 2.27. The molecule has 0 saturated heterocycles. The summed E-state index contributed by atoms with van der Waals surface area (Å²) < 4.78 is 0. The second kappa shape index (κ2) is 4.61. The van der Waals surface area contributed by atoms with Crippen molar-refractivity contribution in [3.8, 4) is 0 Å². The van der Waals surface area contributed by atoms with Crippen molar-refractivity contribution in [2.75, 3.05) is 11.9 Å². The van der Waals surface area contributed by atoms with Gasteiger partial charge in [-0.25, -0.2) is 0 Å². The zero-order valence-electron chi connectivity index (χ0n) is 8.91. The van der Waals surface area contributed by atoms with Gasteiger partial charge in [-0.2, -0.15) is 0 Å². The fourth-order valence-electron chi connectivity index (χ4n) is 1.18. The molecule has 0 aromatic heterocycles. The van der Waals surface area contributed by atoms with Crippen LogP contribution in [-0.2, 0) is 0 Å². The van der Waals surface area contributed by atoms with Crippen molar-refractivity contribution in [1.29, 1.82) is 5.41 Å². The molecule has 0 radical (unpaired) electrons. The molecule has 0 saturated carbocycles. The topological polar surface area (TPSA) is 27.1 Å². The van der Waals surface area contributed by atoms with Gasteiger partial charge in [0.05, 0.1) is 0 Å². The molecule has 1 aromatic carbocycles. The number of hydrogen-bond acceptors (Lipinski definition) is 1. The van der Waals surface area contributed by atoms with Gasteiger partial charge in [-0.15, -0.1) is 0 Å². The number of nitrogens with one attached hydrogen (secondary N) is 1. The van der Waals surface area contributed by atoms with E-state index in [1.165, 1.54) is 0 Å². The summed E-state index contributed by atoms with van der Waals surface area (Å²) in [6, 6.07) is 9.92. The Hall–Kier alpha value is -1.57. The highest BCUT2D eigenvalue weighted by atomic mass is 15.1. The third kappa shape index (κ3) is 2.22. The molecule has 0 aliphatic carbocycles. The number of para-hydroxylation sites is 1. The van der Waals surface area contributed by atoms with Crippen molar-refractivity contribution >= 4 is 11.5 Å². The molecule has 0 unspecified atom stereocenters. The molecular weight excluding hydrogens is 172 g/mol. The van der Waals surface area contributed by atoms with Crippen LogP contribution in [0.2, 0.25) is 0 Å². The normalized spacial score (nSPS) is 11.2. The van der Waals surface area contributed by atoms with E-state index in [1.807, 2.05) is 62.2 Å². The minimum Gasteiger partial charge on any atom is -0.330 e. The first kappa shape index (κ1) is 10.5. The molecule has 2 nitrogen and oxygen atoms in total. The third-order valence-corrected chi connectivity index (χ3v) is 2.29.